The predicted octanol–water partition coefficient (Wildman–Crippen LogP) is 0.822. The first-order valence-electron chi connectivity index (χ1n) is 3.86. The van der Waals surface area contributed by atoms with Crippen molar-refractivity contribution in [3.63, 3.8) is 0 Å². The summed E-state index contributed by atoms with van der Waals surface area (Å²) < 4.78 is 0. The molecule has 2 rings (SSSR count). The summed E-state index contributed by atoms with van der Waals surface area (Å²) in [5, 5.41) is 17.7. The molecule has 0 aromatic carbocycles. The number of nitrogens with zero attached hydrogens (tertiary/aromatic N) is 3. The fourth-order valence-electron chi connectivity index (χ4n) is 0.891. The quantitative estimate of drug-likeness (QED) is 0.767. The third-order valence-electron chi connectivity index (χ3n) is 1.51. The third-order valence-corrected chi connectivity index (χ3v) is 2.26. The first-order chi connectivity index (χ1) is 6.75. The molecule has 0 radical (unpaired) electrons. The lowest BCUT2D eigenvalue weighted by molar-refractivity contribution is 0.102. The second kappa shape index (κ2) is 3.54. The number of aryl methyl sites for hydroxylation is 1. The Balaban J connectivity index is 2.09. The molecule has 0 aliphatic heterocycles. The maximum absolute atomic E-state index is 11.5. The highest BCUT2D eigenvalue weighted by Gasteiger charge is 2.09. The van der Waals surface area contributed by atoms with E-state index in [4.69, 9.17) is 0 Å². The molecule has 2 aromatic heterocycles. The van der Waals surface area contributed by atoms with Gasteiger partial charge in [-0.15, -0.1) is 10.2 Å². The highest BCUT2D eigenvalue weighted by atomic mass is 32.1. The van der Waals surface area contributed by atoms with Gasteiger partial charge in [-0.3, -0.25) is 15.2 Å². The zero-order valence-corrected chi connectivity index (χ0v) is 8.13. The number of rotatable bonds is 2. The molecular weight excluding hydrogens is 202 g/mol. The molecule has 6 nitrogen and oxygen atoms in total. The van der Waals surface area contributed by atoms with Crippen LogP contribution in [0.25, 0.3) is 0 Å². The average molecular weight is 209 g/mol. The van der Waals surface area contributed by atoms with Crippen molar-refractivity contribution in [2.45, 2.75) is 6.92 Å². The van der Waals surface area contributed by atoms with Crippen molar-refractivity contribution in [3.05, 3.63) is 23.0 Å². The summed E-state index contributed by atoms with van der Waals surface area (Å²) in [6.45, 7) is 1.82. The van der Waals surface area contributed by atoms with E-state index in [1.807, 2.05) is 6.92 Å². The molecule has 0 aliphatic rings. The Labute approximate surface area is 83.4 Å². The van der Waals surface area contributed by atoms with Crippen molar-refractivity contribution in [1.82, 2.24) is 20.4 Å². The van der Waals surface area contributed by atoms with Gasteiger partial charge in [-0.05, 0) is 6.92 Å². The summed E-state index contributed by atoms with van der Waals surface area (Å²) in [4.78, 5) is 11.5. The second-order valence-corrected chi connectivity index (χ2v) is 3.75. The number of hydrogen-bond donors (Lipinski definition) is 2. The van der Waals surface area contributed by atoms with Gasteiger partial charge in [-0.25, -0.2) is 0 Å². The predicted molar refractivity (Wildman–Crippen MR) is 51.2 cm³/mol. The minimum absolute atomic E-state index is 0.241. The van der Waals surface area contributed by atoms with Crippen LogP contribution < -0.4 is 5.32 Å². The Kier molecular flexibility index (Phi) is 2.23. The molecule has 2 N–H and O–H groups in total. The molecule has 0 unspecified atom stereocenters. The summed E-state index contributed by atoms with van der Waals surface area (Å²) in [6, 6.07) is 0. The van der Waals surface area contributed by atoms with Gasteiger partial charge in [0.2, 0.25) is 5.13 Å². The highest BCUT2D eigenvalue weighted by Crippen LogP contribution is 2.14. The van der Waals surface area contributed by atoms with Gasteiger partial charge >= 0.3 is 0 Å². The van der Waals surface area contributed by atoms with Crippen LogP contribution in [0.2, 0.25) is 0 Å². The average Bonchev–Trinajstić information content (AvgIpc) is 2.75. The van der Waals surface area contributed by atoms with E-state index >= 15 is 0 Å². The van der Waals surface area contributed by atoms with Crippen LogP contribution in [0.1, 0.15) is 15.4 Å². The summed E-state index contributed by atoms with van der Waals surface area (Å²) in [6.07, 6.45) is 2.96. The number of nitrogens with one attached hydrogen (secondary N) is 2. The minimum Gasteiger partial charge on any atom is -0.296 e. The van der Waals surface area contributed by atoms with Gasteiger partial charge < -0.3 is 0 Å². The molecule has 2 aromatic rings. The molecule has 2 heterocycles. The molecule has 0 aliphatic carbocycles. The van der Waals surface area contributed by atoms with E-state index in [9.17, 15) is 4.79 Å². The first kappa shape index (κ1) is 8.82. The zero-order valence-electron chi connectivity index (χ0n) is 7.31. The molecule has 7 heteroatoms. The summed E-state index contributed by atoms with van der Waals surface area (Å²) in [5.74, 6) is -0.241. The molecule has 1 amide bonds. The smallest absolute Gasteiger partial charge is 0.260 e. The molecule has 14 heavy (non-hydrogen) atoms. The lowest BCUT2D eigenvalue weighted by atomic mass is 10.3. The van der Waals surface area contributed by atoms with Gasteiger partial charge in [0.15, 0.2) is 0 Å². The monoisotopic (exact) mass is 209 g/mol. The van der Waals surface area contributed by atoms with Crippen LogP contribution in [0.15, 0.2) is 12.4 Å². The lowest BCUT2D eigenvalue weighted by Gasteiger charge is -1.95. The van der Waals surface area contributed by atoms with E-state index < -0.39 is 0 Å². The number of anilines is 1. The van der Waals surface area contributed by atoms with Crippen molar-refractivity contribution < 1.29 is 4.79 Å². The van der Waals surface area contributed by atoms with Crippen LogP contribution in [-0.2, 0) is 0 Å². The number of aromatic amines is 1. The molecule has 0 spiro atoms. The minimum atomic E-state index is -0.241. The highest BCUT2D eigenvalue weighted by molar-refractivity contribution is 7.15. The zero-order chi connectivity index (χ0) is 9.97. The van der Waals surface area contributed by atoms with E-state index in [0.29, 0.717) is 10.7 Å². The van der Waals surface area contributed by atoms with Gasteiger partial charge in [-0.2, -0.15) is 5.10 Å². The van der Waals surface area contributed by atoms with Crippen LogP contribution in [0, 0.1) is 6.92 Å². The van der Waals surface area contributed by atoms with Crippen molar-refractivity contribution in [1.29, 1.82) is 0 Å². The molecule has 0 bridgehead atoms. The Morgan fingerprint density at radius 2 is 2.43 bits per heavy atom. The largest absolute Gasteiger partial charge is 0.296 e. The Hall–Kier alpha value is -1.76. The molecule has 0 atom stereocenters. The van der Waals surface area contributed by atoms with Gasteiger partial charge in [-0.1, -0.05) is 11.3 Å². The number of hydrogen-bond acceptors (Lipinski definition) is 5. The normalized spacial score (nSPS) is 10.1. The number of carbonyl (C=O) groups is 1. The van der Waals surface area contributed by atoms with Crippen molar-refractivity contribution in [2.75, 3.05) is 5.32 Å². The number of amides is 1. The van der Waals surface area contributed by atoms with Gasteiger partial charge in [0.25, 0.3) is 5.91 Å². The van der Waals surface area contributed by atoms with Crippen LogP contribution in [0.3, 0.4) is 0 Å². The topological polar surface area (TPSA) is 83.6 Å². The number of carbonyl (C=O) groups excluding carboxylic acids is 1. The third kappa shape index (κ3) is 1.77. The van der Waals surface area contributed by atoms with Crippen molar-refractivity contribution >= 4 is 22.4 Å². The molecular formula is C7H7N5OS. The van der Waals surface area contributed by atoms with E-state index in [1.165, 1.54) is 23.7 Å². The number of H-pyrrole nitrogens is 1. The Morgan fingerprint density at radius 3 is 3.00 bits per heavy atom. The Morgan fingerprint density at radius 1 is 1.57 bits per heavy atom. The fourth-order valence-corrected chi connectivity index (χ4v) is 1.48. The molecule has 0 saturated heterocycles. The second-order valence-electron chi connectivity index (χ2n) is 2.57. The molecule has 72 valence electrons. The van der Waals surface area contributed by atoms with Crippen molar-refractivity contribution in [3.8, 4) is 0 Å². The van der Waals surface area contributed by atoms with Crippen LogP contribution >= 0.6 is 11.3 Å². The van der Waals surface area contributed by atoms with Crippen molar-refractivity contribution in [2.24, 2.45) is 0 Å². The standard InChI is InChI=1S/C7H7N5OS/c1-4-11-12-7(14-4)10-6(13)5-2-8-9-3-5/h2-3H,1H3,(H,8,9)(H,10,12,13). The number of aromatic nitrogens is 4. The summed E-state index contributed by atoms with van der Waals surface area (Å²) >= 11 is 1.33. The van der Waals surface area contributed by atoms with Gasteiger partial charge in [0, 0.05) is 6.20 Å². The summed E-state index contributed by atoms with van der Waals surface area (Å²) in [7, 11) is 0. The van der Waals surface area contributed by atoms with E-state index in [1.54, 1.807) is 0 Å². The molecule has 0 fully saturated rings. The van der Waals surface area contributed by atoms with Crippen LogP contribution in [0.4, 0.5) is 5.13 Å². The van der Waals surface area contributed by atoms with Crippen LogP contribution in [-0.4, -0.2) is 26.3 Å². The van der Waals surface area contributed by atoms with Gasteiger partial charge in [0.1, 0.15) is 5.01 Å². The first-order valence-corrected chi connectivity index (χ1v) is 4.67. The maximum atomic E-state index is 11.5. The maximum Gasteiger partial charge on any atom is 0.260 e. The van der Waals surface area contributed by atoms with E-state index in [-0.39, 0.29) is 5.91 Å². The fraction of sp³-hybridized carbons (Fsp3) is 0.143. The van der Waals surface area contributed by atoms with Crippen LogP contribution in [0.5, 0.6) is 0 Å². The Bertz CT molecular complexity index is 435. The molecule has 0 saturated carbocycles. The van der Waals surface area contributed by atoms with E-state index in [0.717, 1.165) is 5.01 Å². The summed E-state index contributed by atoms with van der Waals surface area (Å²) in [5.41, 5.74) is 0.470. The van der Waals surface area contributed by atoms with E-state index in [2.05, 4.69) is 25.7 Å². The SMILES string of the molecule is Cc1nnc(NC(=O)c2cn[nH]c2)s1. The lowest BCUT2D eigenvalue weighted by Crippen LogP contribution is -2.10. The van der Waals surface area contributed by atoms with Gasteiger partial charge in [0.05, 0.1) is 11.8 Å².